The molecule has 0 radical (unpaired) electrons. The van der Waals surface area contributed by atoms with E-state index in [1.54, 1.807) is 0 Å². The number of rotatable bonds is 89. The summed E-state index contributed by atoms with van der Waals surface area (Å²) >= 11 is 0. The van der Waals surface area contributed by atoms with Crippen LogP contribution in [0.1, 0.15) is 484 Å². The molecule has 0 aromatic rings. The van der Waals surface area contributed by atoms with Crippen LogP contribution in [-0.4, -0.2) is 96.7 Å². The van der Waals surface area contributed by atoms with Crippen molar-refractivity contribution in [1.82, 2.24) is 0 Å². The van der Waals surface area contributed by atoms with Crippen molar-refractivity contribution in [3.05, 3.63) is 0 Å². The number of aliphatic hydroxyl groups excluding tert-OH is 1. The summed E-state index contributed by atoms with van der Waals surface area (Å²) < 4.78 is 69.0. The van der Waals surface area contributed by atoms with Crippen molar-refractivity contribution in [2.75, 3.05) is 39.6 Å². The zero-order chi connectivity index (χ0) is 79.0. The van der Waals surface area contributed by atoms with E-state index in [0.29, 0.717) is 25.7 Å². The Morgan fingerprint density at radius 1 is 0.259 bits per heavy atom. The van der Waals surface area contributed by atoms with Crippen molar-refractivity contribution >= 4 is 39.5 Å². The quantitative estimate of drug-likeness (QED) is 0.0222. The average Bonchev–Trinajstić information content (AvgIpc) is 0.899. The first kappa shape index (κ1) is 106. The molecule has 0 saturated heterocycles. The van der Waals surface area contributed by atoms with Gasteiger partial charge in [0.2, 0.25) is 0 Å². The molecule has 0 aromatic carbocycles. The van der Waals surface area contributed by atoms with Gasteiger partial charge < -0.3 is 33.8 Å². The lowest BCUT2D eigenvalue weighted by Gasteiger charge is -2.21. The second-order valence-electron chi connectivity index (χ2n) is 32.2. The van der Waals surface area contributed by atoms with E-state index in [0.717, 1.165) is 95.8 Å². The van der Waals surface area contributed by atoms with Crippen LogP contribution in [0.5, 0.6) is 0 Å². The topological polar surface area (TPSA) is 237 Å². The molecule has 0 rings (SSSR count). The number of ether oxygens (including phenoxy) is 4. The fourth-order valence-corrected chi connectivity index (χ4v) is 15.5. The van der Waals surface area contributed by atoms with Crippen LogP contribution in [0, 0.1) is 5.92 Å². The van der Waals surface area contributed by atoms with Gasteiger partial charge in [0.05, 0.1) is 26.4 Å². The van der Waals surface area contributed by atoms with E-state index in [1.165, 1.54) is 308 Å². The molecule has 0 aliphatic carbocycles. The third kappa shape index (κ3) is 80.7. The molecule has 0 amide bonds. The summed E-state index contributed by atoms with van der Waals surface area (Å²) in [5.41, 5.74) is 0. The Balaban J connectivity index is 5.23. The lowest BCUT2D eigenvalue weighted by molar-refractivity contribution is -0.161. The normalized spacial score (nSPS) is 14.0. The average molecular weight is 1580 g/mol. The maximum atomic E-state index is 13.2. The van der Waals surface area contributed by atoms with Gasteiger partial charge in [0, 0.05) is 25.7 Å². The van der Waals surface area contributed by atoms with E-state index >= 15 is 0 Å². The highest BCUT2D eigenvalue weighted by Gasteiger charge is 2.31. The van der Waals surface area contributed by atoms with Crippen molar-refractivity contribution < 1.29 is 80.2 Å². The van der Waals surface area contributed by atoms with Gasteiger partial charge in [0.15, 0.2) is 12.2 Å². The van der Waals surface area contributed by atoms with Gasteiger partial charge in [0.1, 0.15) is 19.3 Å². The Morgan fingerprint density at radius 2 is 0.444 bits per heavy atom. The van der Waals surface area contributed by atoms with Crippen LogP contribution < -0.4 is 0 Å². The molecule has 6 atom stereocenters. The van der Waals surface area contributed by atoms with Gasteiger partial charge in [-0.1, -0.05) is 433 Å². The summed E-state index contributed by atoms with van der Waals surface area (Å²) in [7, 11) is -9.93. The first-order valence-electron chi connectivity index (χ1n) is 46.2. The molecule has 0 saturated carbocycles. The second-order valence-corrected chi connectivity index (χ2v) is 35.1. The largest absolute Gasteiger partial charge is 0.472 e. The minimum atomic E-state index is -4.97. The molecule has 108 heavy (non-hydrogen) atoms. The number of hydrogen-bond acceptors (Lipinski definition) is 15. The molecule has 17 nitrogen and oxygen atoms in total. The van der Waals surface area contributed by atoms with Crippen molar-refractivity contribution in [1.29, 1.82) is 0 Å². The molecular formula is C89H174O17P2. The highest BCUT2D eigenvalue weighted by Crippen LogP contribution is 2.45. The van der Waals surface area contributed by atoms with Crippen LogP contribution in [0.2, 0.25) is 0 Å². The maximum Gasteiger partial charge on any atom is 0.472 e. The summed E-state index contributed by atoms with van der Waals surface area (Å²) in [6, 6.07) is 0. The molecule has 0 aliphatic heterocycles. The molecule has 0 heterocycles. The number of phosphoric ester groups is 2. The summed E-state index contributed by atoms with van der Waals surface area (Å²) in [6.45, 7) is 7.38. The molecule has 0 spiro atoms. The zero-order valence-electron chi connectivity index (χ0n) is 71.0. The standard InChI is InChI=1S/C89H174O17P2/c1-6-10-13-16-19-22-25-28-31-33-35-37-38-40-42-44-47-50-53-60-65-70-75-89(94)105-84(78-99-86(91)72-67-62-57-51-48-46-43-41-39-36-34-32-29-26-23-20-17-14-11-7-2)80-103-107(95,96)101-76-83(90)77-102-108(97,98)104-81-85(79-100-87(92)73-68-63-58-55-54-56-61-66-71-82(5)9-4)106-88(93)74-69-64-59-52-49-45-30-27-24-21-18-15-12-8-3/h82-85,90H,6-81H2,1-5H3,(H,95,96)(H,97,98)/t82?,83-,84-,85-/m1/s1. The van der Waals surface area contributed by atoms with Gasteiger partial charge in [-0.3, -0.25) is 37.3 Å². The fourth-order valence-electron chi connectivity index (χ4n) is 14.0. The van der Waals surface area contributed by atoms with E-state index in [1.807, 2.05) is 0 Å². The molecule has 0 fully saturated rings. The Labute approximate surface area is 664 Å². The minimum absolute atomic E-state index is 0.108. The summed E-state index contributed by atoms with van der Waals surface area (Å²) in [5, 5.41) is 10.7. The fraction of sp³-hybridized carbons (Fsp3) is 0.955. The van der Waals surface area contributed by atoms with Crippen molar-refractivity contribution in [2.24, 2.45) is 5.92 Å². The Morgan fingerprint density at radius 3 is 0.657 bits per heavy atom. The molecule has 19 heteroatoms. The van der Waals surface area contributed by atoms with Crippen molar-refractivity contribution in [3.8, 4) is 0 Å². The summed E-state index contributed by atoms with van der Waals surface area (Å²) in [4.78, 5) is 73.3. The van der Waals surface area contributed by atoms with E-state index < -0.39 is 97.5 Å². The van der Waals surface area contributed by atoms with Gasteiger partial charge in [-0.15, -0.1) is 0 Å². The van der Waals surface area contributed by atoms with Gasteiger partial charge in [-0.2, -0.15) is 0 Å². The molecular weight excluding hydrogens is 1400 g/mol. The summed E-state index contributed by atoms with van der Waals surface area (Å²) in [6.07, 6.45) is 76.5. The Bertz CT molecular complexity index is 2050. The van der Waals surface area contributed by atoms with Gasteiger partial charge in [-0.05, 0) is 31.6 Å². The minimum Gasteiger partial charge on any atom is -0.462 e. The van der Waals surface area contributed by atoms with E-state index in [-0.39, 0.29) is 25.7 Å². The predicted octanol–water partition coefficient (Wildman–Crippen LogP) is 27.5. The smallest absolute Gasteiger partial charge is 0.462 e. The zero-order valence-corrected chi connectivity index (χ0v) is 72.8. The number of esters is 4. The van der Waals surface area contributed by atoms with Crippen LogP contribution in [0.15, 0.2) is 0 Å². The molecule has 3 N–H and O–H groups in total. The van der Waals surface area contributed by atoms with E-state index in [9.17, 15) is 43.2 Å². The highest BCUT2D eigenvalue weighted by atomic mass is 31.2. The van der Waals surface area contributed by atoms with E-state index in [4.69, 9.17) is 37.0 Å². The molecule has 0 aliphatic rings. The number of carbonyl (C=O) groups excluding carboxylic acids is 4. The lowest BCUT2D eigenvalue weighted by Crippen LogP contribution is -2.30. The number of aliphatic hydroxyl groups is 1. The van der Waals surface area contributed by atoms with Crippen LogP contribution in [0.25, 0.3) is 0 Å². The summed E-state index contributed by atoms with van der Waals surface area (Å²) in [5.74, 6) is -1.32. The number of unbranched alkanes of at least 4 members (excludes halogenated alkanes) is 60. The maximum absolute atomic E-state index is 13.2. The van der Waals surface area contributed by atoms with Crippen molar-refractivity contribution in [2.45, 2.75) is 502 Å². The van der Waals surface area contributed by atoms with Crippen molar-refractivity contribution in [3.63, 3.8) is 0 Å². The molecule has 0 bridgehead atoms. The monoisotopic (exact) mass is 1580 g/mol. The molecule has 3 unspecified atom stereocenters. The van der Waals surface area contributed by atoms with Crippen LogP contribution in [-0.2, 0) is 65.4 Å². The third-order valence-corrected chi connectivity index (χ3v) is 23.3. The number of hydrogen-bond donors (Lipinski definition) is 3. The van der Waals surface area contributed by atoms with Gasteiger partial charge >= 0.3 is 39.5 Å². The SMILES string of the molecule is CCCCCCCCCCCCCCCCCCCCCCCCC(=O)O[C@H](COC(=O)CCCCCCCCCCCCCCCCCCCCCC)COP(=O)(O)OC[C@@H](O)COP(=O)(O)OC[C@@H](COC(=O)CCCCCCCCCCC(C)CC)OC(=O)CCCCCCCCCCCCCCCC. The number of carbonyl (C=O) groups is 4. The lowest BCUT2D eigenvalue weighted by atomic mass is 9.99. The van der Waals surface area contributed by atoms with Crippen LogP contribution >= 0.6 is 15.6 Å². The first-order valence-corrected chi connectivity index (χ1v) is 49.2. The van der Waals surface area contributed by atoms with E-state index in [2.05, 4.69) is 34.6 Å². The predicted molar refractivity (Wildman–Crippen MR) is 446 cm³/mol. The van der Waals surface area contributed by atoms with Crippen LogP contribution in [0.4, 0.5) is 0 Å². The van der Waals surface area contributed by atoms with Gasteiger partial charge in [-0.25, -0.2) is 9.13 Å². The first-order chi connectivity index (χ1) is 52.6. The third-order valence-electron chi connectivity index (χ3n) is 21.4. The van der Waals surface area contributed by atoms with Gasteiger partial charge in [0.25, 0.3) is 0 Å². The number of phosphoric acid groups is 2. The second kappa shape index (κ2) is 81.6. The highest BCUT2D eigenvalue weighted by molar-refractivity contribution is 7.47. The Kier molecular flexibility index (Phi) is 80.2. The molecule has 642 valence electrons. The molecule has 0 aromatic heterocycles. The Hall–Kier alpha value is -1.94. The van der Waals surface area contributed by atoms with Crippen LogP contribution in [0.3, 0.4) is 0 Å².